The number of aromatic nitrogens is 1. The van der Waals surface area contributed by atoms with Crippen molar-refractivity contribution in [1.29, 1.82) is 0 Å². The van der Waals surface area contributed by atoms with E-state index in [4.69, 9.17) is 21.4 Å². The summed E-state index contributed by atoms with van der Waals surface area (Å²) in [5.41, 5.74) is 15.1. The Bertz CT molecular complexity index is 1120. The molecule has 0 atom stereocenters. The van der Waals surface area contributed by atoms with E-state index < -0.39 is 12.1 Å². The first kappa shape index (κ1) is 28.9. The smallest absolute Gasteiger partial charge is 0.475 e. The van der Waals surface area contributed by atoms with Gasteiger partial charge in [0.1, 0.15) is 5.69 Å². The third-order valence-electron chi connectivity index (χ3n) is 4.79. The van der Waals surface area contributed by atoms with Crippen molar-refractivity contribution in [2.45, 2.75) is 19.0 Å². The molecule has 0 aliphatic heterocycles. The maximum atomic E-state index is 12.6. The maximum Gasteiger partial charge on any atom is 0.490 e. The van der Waals surface area contributed by atoms with E-state index in [0.29, 0.717) is 30.0 Å². The first-order chi connectivity index (χ1) is 17.5. The summed E-state index contributed by atoms with van der Waals surface area (Å²) in [4.78, 5) is 38.1. The Morgan fingerprint density at radius 2 is 1.22 bits per heavy atom. The first-order valence-corrected chi connectivity index (χ1v) is 11.0. The largest absolute Gasteiger partial charge is 0.490 e. The lowest BCUT2D eigenvalue weighted by Gasteiger charge is -2.09. The quantitative estimate of drug-likeness (QED) is 0.307. The van der Waals surface area contributed by atoms with Gasteiger partial charge in [0.15, 0.2) is 0 Å². The zero-order valence-corrected chi connectivity index (χ0v) is 19.6. The highest BCUT2D eigenvalue weighted by Gasteiger charge is 2.38. The number of hydrogen-bond acceptors (Lipinski definition) is 6. The van der Waals surface area contributed by atoms with Crippen LogP contribution >= 0.6 is 0 Å². The number of carbonyl (C=O) groups excluding carboxylic acids is 2. The number of carboxylic acids is 1. The molecular weight excluding hydrogens is 491 g/mol. The molecule has 0 unspecified atom stereocenters. The summed E-state index contributed by atoms with van der Waals surface area (Å²) >= 11 is 0. The zero-order chi connectivity index (χ0) is 27.4. The van der Waals surface area contributed by atoms with Crippen LogP contribution in [0, 0.1) is 0 Å². The van der Waals surface area contributed by atoms with Crippen LogP contribution in [0.4, 0.5) is 24.5 Å². The van der Waals surface area contributed by atoms with Crippen molar-refractivity contribution in [2.24, 2.45) is 11.5 Å². The molecule has 1 heterocycles. The van der Waals surface area contributed by atoms with Crippen molar-refractivity contribution in [3.8, 4) is 0 Å². The number of carboxylic acid groups (broad SMARTS) is 1. The van der Waals surface area contributed by atoms with Gasteiger partial charge < -0.3 is 27.2 Å². The Morgan fingerprint density at radius 1 is 0.784 bits per heavy atom. The Balaban J connectivity index is 0.000000604. The molecule has 37 heavy (non-hydrogen) atoms. The molecule has 0 spiro atoms. The number of halogens is 3. The summed E-state index contributed by atoms with van der Waals surface area (Å²) in [6, 6.07) is 18.0. The Hall–Kier alpha value is -4.29. The van der Waals surface area contributed by atoms with Gasteiger partial charge in [0, 0.05) is 23.1 Å². The summed E-state index contributed by atoms with van der Waals surface area (Å²) in [7, 11) is 0. The Morgan fingerprint density at radius 3 is 1.62 bits per heavy atom. The van der Waals surface area contributed by atoms with E-state index in [1.807, 2.05) is 48.5 Å². The number of benzene rings is 2. The molecule has 1 aromatic heterocycles. The van der Waals surface area contributed by atoms with Crippen molar-refractivity contribution >= 4 is 29.2 Å². The van der Waals surface area contributed by atoms with Crippen molar-refractivity contribution in [3.05, 3.63) is 89.2 Å². The number of anilines is 2. The van der Waals surface area contributed by atoms with E-state index in [1.54, 1.807) is 6.07 Å². The predicted molar refractivity (Wildman–Crippen MR) is 132 cm³/mol. The molecule has 196 valence electrons. The van der Waals surface area contributed by atoms with Crippen LogP contribution in [0.3, 0.4) is 0 Å². The van der Waals surface area contributed by atoms with Crippen LogP contribution in [-0.2, 0) is 17.6 Å². The highest BCUT2D eigenvalue weighted by molar-refractivity contribution is 6.07. The average molecular weight is 518 g/mol. The minimum atomic E-state index is -5.08. The van der Waals surface area contributed by atoms with Gasteiger partial charge in [-0.1, -0.05) is 24.3 Å². The molecule has 0 fully saturated rings. The molecule has 7 N–H and O–H groups in total. The minimum absolute atomic E-state index is 0.159. The van der Waals surface area contributed by atoms with Gasteiger partial charge in [-0.2, -0.15) is 13.2 Å². The molecule has 0 saturated carbocycles. The zero-order valence-electron chi connectivity index (χ0n) is 19.6. The molecule has 2 amide bonds. The van der Waals surface area contributed by atoms with Crippen LogP contribution < -0.4 is 22.1 Å². The normalized spacial score (nSPS) is 10.6. The fourth-order valence-electron chi connectivity index (χ4n) is 2.94. The van der Waals surface area contributed by atoms with Crippen LogP contribution in [0.1, 0.15) is 32.0 Å². The number of amides is 2. The number of rotatable bonds is 8. The van der Waals surface area contributed by atoms with Gasteiger partial charge in [0.25, 0.3) is 11.8 Å². The molecule has 0 radical (unpaired) electrons. The minimum Gasteiger partial charge on any atom is -0.475 e. The van der Waals surface area contributed by atoms with Gasteiger partial charge in [-0.25, -0.2) is 4.79 Å². The lowest BCUT2D eigenvalue weighted by atomic mass is 10.1. The molecule has 0 saturated heterocycles. The molecule has 0 bridgehead atoms. The predicted octanol–water partition coefficient (Wildman–Crippen LogP) is 3.22. The van der Waals surface area contributed by atoms with E-state index in [-0.39, 0.29) is 17.5 Å². The van der Waals surface area contributed by atoms with Crippen molar-refractivity contribution in [1.82, 2.24) is 4.98 Å². The highest BCUT2D eigenvalue weighted by Crippen LogP contribution is 2.15. The third-order valence-corrected chi connectivity index (χ3v) is 4.79. The standard InChI is InChI=1S/C23H25N5O2.C2HF3O2/c24-12-9-16-1-5-19(6-2-16)27-22(29)18-11-14-26-21(15-18)23(30)28-20-7-3-17(4-8-20)10-13-25;3-2(4,5)1(6)7/h1-8,11,14-15H,9-10,12-13,24-25H2,(H,27,29)(H,28,30);(H,6,7). The number of pyridine rings is 1. The molecule has 0 aliphatic rings. The van der Waals surface area contributed by atoms with E-state index in [1.165, 1.54) is 12.3 Å². The monoisotopic (exact) mass is 517 g/mol. The topological polar surface area (TPSA) is 160 Å². The van der Waals surface area contributed by atoms with Crippen molar-refractivity contribution < 1.29 is 32.7 Å². The van der Waals surface area contributed by atoms with E-state index in [0.717, 1.165) is 24.0 Å². The fraction of sp³-hybridized carbons (Fsp3) is 0.200. The molecule has 12 heteroatoms. The molecule has 0 aliphatic carbocycles. The van der Waals surface area contributed by atoms with Gasteiger partial charge >= 0.3 is 12.1 Å². The van der Waals surface area contributed by atoms with Crippen molar-refractivity contribution in [3.63, 3.8) is 0 Å². The van der Waals surface area contributed by atoms with Gasteiger partial charge in [0.05, 0.1) is 0 Å². The van der Waals surface area contributed by atoms with Gasteiger partial charge in [-0.15, -0.1) is 0 Å². The van der Waals surface area contributed by atoms with Gasteiger partial charge in [-0.3, -0.25) is 14.6 Å². The molecule has 3 rings (SSSR count). The Kier molecular flexibility index (Phi) is 10.7. The van der Waals surface area contributed by atoms with E-state index >= 15 is 0 Å². The van der Waals surface area contributed by atoms with Crippen LogP contribution in [0.5, 0.6) is 0 Å². The van der Waals surface area contributed by atoms with Crippen LogP contribution in [0.2, 0.25) is 0 Å². The summed E-state index contributed by atoms with van der Waals surface area (Å²) in [5, 5.41) is 12.7. The summed E-state index contributed by atoms with van der Waals surface area (Å²) in [6.45, 7) is 1.15. The summed E-state index contributed by atoms with van der Waals surface area (Å²) in [6.07, 6.45) is -2.08. The lowest BCUT2D eigenvalue weighted by molar-refractivity contribution is -0.192. The number of nitrogens with one attached hydrogen (secondary N) is 2. The number of aliphatic carboxylic acids is 1. The molecule has 3 aromatic rings. The molecular formula is C25H26F3N5O4. The lowest BCUT2D eigenvalue weighted by Crippen LogP contribution is -2.21. The van der Waals surface area contributed by atoms with E-state index in [2.05, 4.69) is 15.6 Å². The number of nitrogens with zero attached hydrogens (tertiary/aromatic N) is 1. The van der Waals surface area contributed by atoms with Crippen LogP contribution in [0.15, 0.2) is 66.9 Å². The highest BCUT2D eigenvalue weighted by atomic mass is 19.4. The first-order valence-electron chi connectivity index (χ1n) is 11.0. The second-order valence-corrected chi connectivity index (χ2v) is 7.61. The second kappa shape index (κ2) is 13.7. The number of carbonyl (C=O) groups is 3. The van der Waals surface area contributed by atoms with Crippen LogP contribution in [0.25, 0.3) is 0 Å². The Labute approximate surface area is 210 Å². The van der Waals surface area contributed by atoms with Gasteiger partial charge in [-0.05, 0) is 73.5 Å². The number of hydrogen-bond donors (Lipinski definition) is 5. The second-order valence-electron chi connectivity index (χ2n) is 7.61. The van der Waals surface area contributed by atoms with Crippen LogP contribution in [-0.4, -0.2) is 47.1 Å². The fourth-order valence-corrected chi connectivity index (χ4v) is 2.94. The summed E-state index contributed by atoms with van der Waals surface area (Å²) in [5.74, 6) is -3.46. The van der Waals surface area contributed by atoms with Crippen molar-refractivity contribution in [2.75, 3.05) is 23.7 Å². The average Bonchev–Trinajstić information content (AvgIpc) is 2.86. The maximum absolute atomic E-state index is 12.6. The number of nitrogens with two attached hydrogens (primary N) is 2. The molecule has 9 nitrogen and oxygen atoms in total. The van der Waals surface area contributed by atoms with E-state index in [9.17, 15) is 22.8 Å². The van der Waals surface area contributed by atoms with Gasteiger partial charge in [0.2, 0.25) is 0 Å². The number of alkyl halides is 3. The SMILES string of the molecule is NCCc1ccc(NC(=O)c2ccnc(C(=O)Nc3ccc(CCN)cc3)c2)cc1.O=C(O)C(F)(F)F. The third kappa shape index (κ3) is 9.70. The molecule has 2 aromatic carbocycles. The summed E-state index contributed by atoms with van der Waals surface area (Å²) < 4.78 is 31.7.